The van der Waals surface area contributed by atoms with Gasteiger partial charge in [0.25, 0.3) is 0 Å². The molecule has 0 saturated carbocycles. The Morgan fingerprint density at radius 2 is 2.17 bits per heavy atom. The summed E-state index contributed by atoms with van der Waals surface area (Å²) in [5.74, 6) is -0.0156. The van der Waals surface area contributed by atoms with E-state index in [1.165, 1.54) is 6.92 Å². The summed E-state index contributed by atoms with van der Waals surface area (Å²) in [7, 11) is 2.54. The van der Waals surface area contributed by atoms with Crippen LogP contribution in [0.15, 0.2) is 16.6 Å². The highest BCUT2D eigenvalue weighted by Crippen LogP contribution is 2.18. The minimum Gasteiger partial charge on any atom is -0.398 e. The minimum atomic E-state index is -0.0156. The number of ketones is 1. The highest BCUT2D eigenvalue weighted by Gasteiger charge is 2.06. The quantitative estimate of drug-likeness (QED) is 0.466. The molecule has 4 heteroatoms. The van der Waals surface area contributed by atoms with Crippen LogP contribution in [-0.4, -0.2) is 5.78 Å². The number of carbonyl (C=O) groups excluding carboxylic acids is 1. The number of rotatable bonds is 1. The summed E-state index contributed by atoms with van der Waals surface area (Å²) >= 11 is 3.32. The number of halogens is 1. The number of Topliss-reactive ketones (excluding diaryl/α,β-unsaturated/α-hetero) is 1. The number of nitrogen functional groups attached to an aromatic ring is 1. The first-order valence-corrected chi connectivity index (χ1v) is 4.75. The molecule has 1 aromatic carbocycles. The van der Waals surface area contributed by atoms with Gasteiger partial charge in [-0.3, -0.25) is 4.79 Å². The molecule has 0 spiro atoms. The summed E-state index contributed by atoms with van der Waals surface area (Å²) < 4.78 is 0.881. The lowest BCUT2D eigenvalue weighted by molar-refractivity contribution is 0.101. The Bertz CT molecular complexity index is 338. The molecule has 0 fully saturated rings. The molecule has 2 N–H and O–H groups in total. The van der Waals surface area contributed by atoms with Gasteiger partial charge in [0.15, 0.2) is 5.78 Å². The smallest absolute Gasteiger partial charge is 0.161 e. The van der Waals surface area contributed by atoms with Gasteiger partial charge >= 0.3 is 0 Å². The van der Waals surface area contributed by atoms with Crippen LogP contribution < -0.4 is 11.0 Å². The number of hydrogen-bond donors (Lipinski definition) is 1. The van der Waals surface area contributed by atoms with Crippen molar-refractivity contribution in [3.05, 3.63) is 22.2 Å². The van der Waals surface area contributed by atoms with Crippen molar-refractivity contribution in [1.82, 2.24) is 0 Å². The van der Waals surface area contributed by atoms with Crippen LogP contribution >= 0.6 is 25.2 Å². The van der Waals surface area contributed by atoms with Crippen LogP contribution in [0.5, 0.6) is 0 Å². The van der Waals surface area contributed by atoms with Crippen molar-refractivity contribution in [2.75, 3.05) is 5.73 Å². The molecule has 1 aromatic rings. The standard InChI is InChI=1S/C8H9BrNOP/c1-4(11)5-2-6(9)8(12)3-7(5)10/h2-3H,10,12H2,1H3. The molecule has 1 atom stereocenters. The molecule has 0 radical (unpaired) electrons. The summed E-state index contributed by atoms with van der Waals surface area (Å²) in [5, 5.41) is 0.956. The molecule has 1 rings (SSSR count). The first kappa shape index (κ1) is 9.69. The fourth-order valence-corrected chi connectivity index (χ4v) is 1.52. The normalized spacial score (nSPS) is 9.92. The third-order valence-corrected chi connectivity index (χ3v) is 3.14. The Hall–Kier alpha value is -0.400. The van der Waals surface area contributed by atoms with E-state index in [1.807, 2.05) is 0 Å². The van der Waals surface area contributed by atoms with Crippen molar-refractivity contribution < 1.29 is 4.79 Å². The molecule has 64 valence electrons. The largest absolute Gasteiger partial charge is 0.398 e. The SMILES string of the molecule is CC(=O)c1cc(Br)c(P)cc1N. The second-order valence-electron chi connectivity index (χ2n) is 2.52. The fourth-order valence-electron chi connectivity index (χ4n) is 0.913. The third-order valence-electron chi connectivity index (χ3n) is 1.55. The van der Waals surface area contributed by atoms with Gasteiger partial charge in [0.1, 0.15) is 0 Å². The Labute approximate surface area is 81.9 Å². The van der Waals surface area contributed by atoms with E-state index in [9.17, 15) is 4.79 Å². The lowest BCUT2D eigenvalue weighted by Gasteiger charge is -2.04. The van der Waals surface area contributed by atoms with Crippen molar-refractivity contribution in [2.45, 2.75) is 6.92 Å². The van der Waals surface area contributed by atoms with Gasteiger partial charge in [-0.25, -0.2) is 0 Å². The Kier molecular flexibility index (Phi) is 2.86. The van der Waals surface area contributed by atoms with Crippen molar-refractivity contribution in [2.24, 2.45) is 0 Å². The molecule has 0 aromatic heterocycles. The molecular weight excluding hydrogens is 237 g/mol. The van der Waals surface area contributed by atoms with Crippen molar-refractivity contribution in [1.29, 1.82) is 0 Å². The van der Waals surface area contributed by atoms with Crippen molar-refractivity contribution in [3.8, 4) is 0 Å². The molecule has 0 aliphatic rings. The third kappa shape index (κ3) is 1.85. The van der Waals surface area contributed by atoms with E-state index in [1.54, 1.807) is 12.1 Å². The summed E-state index contributed by atoms with van der Waals surface area (Å²) in [5.41, 5.74) is 6.72. The molecule has 0 saturated heterocycles. The number of hydrogen-bond acceptors (Lipinski definition) is 2. The first-order chi connectivity index (χ1) is 5.52. The molecule has 0 heterocycles. The predicted octanol–water partition coefficient (Wildman–Crippen LogP) is 1.73. The fraction of sp³-hybridized carbons (Fsp3) is 0.125. The lowest BCUT2D eigenvalue weighted by atomic mass is 10.1. The minimum absolute atomic E-state index is 0.0156. The zero-order valence-corrected chi connectivity index (χ0v) is 9.34. The van der Waals surface area contributed by atoms with Crippen LogP contribution in [0.1, 0.15) is 17.3 Å². The molecule has 0 aliphatic carbocycles. The van der Waals surface area contributed by atoms with E-state index in [-0.39, 0.29) is 5.78 Å². The maximum Gasteiger partial charge on any atom is 0.161 e. The van der Waals surface area contributed by atoms with Crippen LogP contribution in [0.25, 0.3) is 0 Å². The number of nitrogens with two attached hydrogens (primary N) is 1. The van der Waals surface area contributed by atoms with E-state index in [0.29, 0.717) is 11.3 Å². The van der Waals surface area contributed by atoms with Gasteiger partial charge in [0.05, 0.1) is 0 Å². The van der Waals surface area contributed by atoms with Gasteiger partial charge < -0.3 is 5.73 Å². The van der Waals surface area contributed by atoms with Gasteiger partial charge in [0.2, 0.25) is 0 Å². The van der Waals surface area contributed by atoms with Crippen LogP contribution in [-0.2, 0) is 0 Å². The average molecular weight is 246 g/mol. The van der Waals surface area contributed by atoms with Crippen molar-refractivity contribution in [3.63, 3.8) is 0 Å². The van der Waals surface area contributed by atoms with Crippen LogP contribution in [0.4, 0.5) is 5.69 Å². The van der Waals surface area contributed by atoms with Crippen LogP contribution in [0.2, 0.25) is 0 Å². The van der Waals surface area contributed by atoms with Crippen LogP contribution in [0.3, 0.4) is 0 Å². The van der Waals surface area contributed by atoms with E-state index < -0.39 is 0 Å². The second kappa shape index (κ2) is 3.55. The molecule has 12 heavy (non-hydrogen) atoms. The van der Waals surface area contributed by atoms with E-state index in [4.69, 9.17) is 5.73 Å². The average Bonchev–Trinajstić information content (AvgIpc) is 1.96. The van der Waals surface area contributed by atoms with Gasteiger partial charge in [-0.2, -0.15) is 0 Å². The highest BCUT2D eigenvalue weighted by atomic mass is 79.9. The van der Waals surface area contributed by atoms with E-state index in [0.717, 1.165) is 9.78 Å². The zero-order chi connectivity index (χ0) is 9.30. The second-order valence-corrected chi connectivity index (χ2v) is 3.99. The van der Waals surface area contributed by atoms with Crippen molar-refractivity contribution >= 4 is 41.9 Å². The number of anilines is 1. The monoisotopic (exact) mass is 245 g/mol. The Morgan fingerprint density at radius 1 is 1.58 bits per heavy atom. The zero-order valence-electron chi connectivity index (χ0n) is 6.60. The van der Waals surface area contributed by atoms with Gasteiger partial charge in [-0.05, 0) is 24.4 Å². The number of carbonyl (C=O) groups is 1. The Balaban J connectivity index is 3.33. The molecule has 0 bridgehead atoms. The summed E-state index contributed by atoms with van der Waals surface area (Å²) in [6.07, 6.45) is 0. The molecule has 0 amide bonds. The first-order valence-electron chi connectivity index (χ1n) is 3.38. The van der Waals surface area contributed by atoms with E-state index in [2.05, 4.69) is 25.2 Å². The maximum absolute atomic E-state index is 11.0. The summed E-state index contributed by atoms with van der Waals surface area (Å²) in [6, 6.07) is 3.49. The topological polar surface area (TPSA) is 43.1 Å². The molecule has 0 aliphatic heterocycles. The predicted molar refractivity (Wildman–Crippen MR) is 57.9 cm³/mol. The Morgan fingerprint density at radius 3 is 2.67 bits per heavy atom. The molecule has 1 unspecified atom stereocenters. The van der Waals surface area contributed by atoms with Crippen LogP contribution in [0, 0.1) is 0 Å². The summed E-state index contributed by atoms with van der Waals surface area (Å²) in [4.78, 5) is 11.0. The van der Waals surface area contributed by atoms with E-state index >= 15 is 0 Å². The van der Waals surface area contributed by atoms with Gasteiger partial charge in [-0.1, -0.05) is 15.9 Å². The van der Waals surface area contributed by atoms with Gasteiger partial charge in [-0.15, -0.1) is 9.24 Å². The summed E-state index contributed by atoms with van der Waals surface area (Å²) in [6.45, 7) is 1.50. The van der Waals surface area contributed by atoms with Gasteiger partial charge in [0, 0.05) is 15.7 Å². The highest BCUT2D eigenvalue weighted by molar-refractivity contribution is 9.10. The molecule has 2 nitrogen and oxygen atoms in total. The lowest BCUT2D eigenvalue weighted by Crippen LogP contribution is -2.04. The molecular formula is C8H9BrNOP. The number of benzene rings is 1. The maximum atomic E-state index is 11.0.